The molecule has 1 aromatic rings. The number of rotatable bonds is 2. The van der Waals surface area contributed by atoms with Crippen LogP contribution in [-0.2, 0) is 9.74 Å². The number of hydrogen-bond acceptors (Lipinski definition) is 2. The first-order valence-electron chi connectivity index (χ1n) is 3.37. The predicted octanol–water partition coefficient (Wildman–Crippen LogP) is 2.26. The molecule has 0 bridgehead atoms. The van der Waals surface area contributed by atoms with Gasteiger partial charge in [-0.3, -0.25) is 4.94 Å². The Kier molecular flexibility index (Phi) is 2.89. The second kappa shape index (κ2) is 3.93. The third-order valence-corrected chi connectivity index (χ3v) is 1.42. The van der Waals surface area contributed by atoms with E-state index in [1.807, 2.05) is 0 Å². The fourth-order valence-corrected chi connectivity index (χ4v) is 0.839. The molecule has 0 saturated carbocycles. The van der Waals surface area contributed by atoms with Gasteiger partial charge in [0.1, 0.15) is 5.82 Å². The van der Waals surface area contributed by atoms with Crippen molar-refractivity contribution in [2.24, 2.45) is 0 Å². The number of halogens is 3. The highest BCUT2D eigenvalue weighted by Crippen LogP contribution is 2.19. The Morgan fingerprint density at radius 1 is 1.46 bits per heavy atom. The Balaban J connectivity index is 2.88. The van der Waals surface area contributed by atoms with Crippen molar-refractivity contribution in [2.75, 3.05) is 0 Å². The zero-order valence-electron chi connectivity index (χ0n) is 6.34. The average Bonchev–Trinajstić information content (AvgIpc) is 2.15. The van der Waals surface area contributed by atoms with E-state index in [-0.39, 0.29) is 5.56 Å². The third kappa shape index (κ3) is 2.21. The molecule has 0 amide bonds. The Morgan fingerprint density at radius 2 is 2.15 bits per heavy atom. The first kappa shape index (κ1) is 9.57. The average molecular weight is 190 g/mol. The molecule has 5 heteroatoms. The van der Waals surface area contributed by atoms with E-state index in [1.54, 1.807) is 0 Å². The van der Waals surface area contributed by atoms with Crippen LogP contribution in [0.4, 0.5) is 13.3 Å². The highest BCUT2D eigenvalue weighted by Gasteiger charge is 2.22. The van der Waals surface area contributed by atoms with Crippen LogP contribution >= 0.6 is 0 Å². The molecule has 0 aliphatic rings. The van der Waals surface area contributed by atoms with E-state index in [1.165, 1.54) is 6.07 Å². The Bertz CT molecular complexity index is 314. The van der Waals surface area contributed by atoms with E-state index in [0.29, 0.717) is 0 Å². The third-order valence-electron chi connectivity index (χ3n) is 1.42. The quantitative estimate of drug-likeness (QED) is 0.714. The monoisotopic (exact) mass is 190 g/mol. The smallest absolute Gasteiger partial charge is 0.251 e. The van der Waals surface area contributed by atoms with Crippen LogP contribution < -0.4 is 0 Å². The molecule has 1 unspecified atom stereocenters. The van der Waals surface area contributed by atoms with Crippen molar-refractivity contribution in [1.82, 2.24) is 0 Å². The molecule has 70 valence electrons. The largest absolute Gasteiger partial charge is 0.387 e. The van der Waals surface area contributed by atoms with E-state index in [2.05, 4.69) is 4.94 Å². The van der Waals surface area contributed by atoms with Gasteiger partial charge in [-0.05, 0) is 12.1 Å². The molecule has 2 nitrogen and oxygen atoms in total. The zero-order valence-corrected chi connectivity index (χ0v) is 6.34. The van der Waals surface area contributed by atoms with Gasteiger partial charge in [-0.15, -0.1) is 0 Å². The molecule has 0 aliphatic carbocycles. The van der Waals surface area contributed by atoms with Crippen molar-refractivity contribution in [3.8, 4) is 0 Å². The van der Waals surface area contributed by atoms with Crippen molar-refractivity contribution in [3.05, 3.63) is 35.6 Å². The first-order chi connectivity index (χ1) is 6.15. The predicted molar refractivity (Wildman–Crippen MR) is 37.4 cm³/mol. The molecule has 1 atom stereocenters. The molecule has 0 aromatic heterocycles. The standard InChI is InChI=1S/C8H5F3O2/c9-6-3-1-2-5(4-6)7(10)8(12)13-11/h1-4,7H. The Morgan fingerprint density at radius 3 is 2.69 bits per heavy atom. The summed E-state index contributed by atoms with van der Waals surface area (Å²) in [4.78, 5) is 13.0. The van der Waals surface area contributed by atoms with E-state index < -0.39 is 18.0 Å². The van der Waals surface area contributed by atoms with Gasteiger partial charge < -0.3 is 0 Å². The van der Waals surface area contributed by atoms with Crippen LogP contribution in [0.3, 0.4) is 0 Å². The molecule has 0 aliphatic heterocycles. The van der Waals surface area contributed by atoms with Gasteiger partial charge >= 0.3 is 5.97 Å². The molecule has 0 N–H and O–H groups in total. The van der Waals surface area contributed by atoms with Crippen LogP contribution in [0.1, 0.15) is 11.7 Å². The molecule has 13 heavy (non-hydrogen) atoms. The minimum atomic E-state index is -2.29. The fourth-order valence-electron chi connectivity index (χ4n) is 0.839. The van der Waals surface area contributed by atoms with Crippen LogP contribution in [0.2, 0.25) is 0 Å². The van der Waals surface area contributed by atoms with Crippen molar-refractivity contribution in [3.63, 3.8) is 0 Å². The fraction of sp³-hybridized carbons (Fsp3) is 0.125. The van der Waals surface area contributed by atoms with E-state index in [9.17, 15) is 18.1 Å². The summed E-state index contributed by atoms with van der Waals surface area (Å²) in [6.45, 7) is 0. The van der Waals surface area contributed by atoms with E-state index in [4.69, 9.17) is 0 Å². The van der Waals surface area contributed by atoms with Crippen molar-refractivity contribution >= 4 is 5.97 Å². The number of carbonyl (C=O) groups is 1. The molecule has 1 aromatic carbocycles. The summed E-state index contributed by atoms with van der Waals surface area (Å²) in [6.07, 6.45) is -2.29. The molecular weight excluding hydrogens is 185 g/mol. The van der Waals surface area contributed by atoms with Crippen LogP contribution in [0.25, 0.3) is 0 Å². The summed E-state index contributed by atoms with van der Waals surface area (Å²) in [6, 6.07) is 4.24. The molecule has 0 spiro atoms. The summed E-state index contributed by atoms with van der Waals surface area (Å²) in [7, 11) is 0. The first-order valence-corrected chi connectivity index (χ1v) is 3.37. The zero-order chi connectivity index (χ0) is 9.84. The summed E-state index contributed by atoms with van der Waals surface area (Å²) < 4.78 is 36.6. The maximum absolute atomic E-state index is 12.8. The number of hydrogen-bond donors (Lipinski definition) is 0. The van der Waals surface area contributed by atoms with Crippen molar-refractivity contribution < 1.29 is 23.0 Å². The summed E-state index contributed by atoms with van der Waals surface area (Å²) >= 11 is 0. The second-order valence-electron chi connectivity index (χ2n) is 2.31. The van der Waals surface area contributed by atoms with Gasteiger partial charge in [0.25, 0.3) is 0 Å². The lowest BCUT2D eigenvalue weighted by atomic mass is 10.1. The van der Waals surface area contributed by atoms with Gasteiger partial charge in [0, 0.05) is 10.1 Å². The topological polar surface area (TPSA) is 26.3 Å². The van der Waals surface area contributed by atoms with E-state index >= 15 is 0 Å². The van der Waals surface area contributed by atoms with Crippen molar-refractivity contribution in [1.29, 1.82) is 0 Å². The molecule has 0 heterocycles. The van der Waals surface area contributed by atoms with Gasteiger partial charge in [0.2, 0.25) is 6.17 Å². The van der Waals surface area contributed by atoms with Crippen molar-refractivity contribution in [2.45, 2.75) is 6.17 Å². The Hall–Kier alpha value is -1.52. The maximum atomic E-state index is 12.8. The second-order valence-corrected chi connectivity index (χ2v) is 2.31. The highest BCUT2D eigenvalue weighted by atomic mass is 19.3. The normalized spacial score (nSPS) is 12.2. The number of carbonyl (C=O) groups excluding carboxylic acids is 1. The van der Waals surface area contributed by atoms with Gasteiger partial charge in [-0.2, -0.15) is 0 Å². The summed E-state index contributed by atoms with van der Waals surface area (Å²) in [5.41, 5.74) is -0.275. The lowest BCUT2D eigenvalue weighted by molar-refractivity contribution is -0.190. The van der Waals surface area contributed by atoms with Crippen LogP contribution in [-0.4, -0.2) is 5.97 Å². The molecular formula is C8H5F3O2. The van der Waals surface area contributed by atoms with Crippen LogP contribution in [0.5, 0.6) is 0 Å². The lowest BCUT2D eigenvalue weighted by Gasteiger charge is -2.02. The van der Waals surface area contributed by atoms with Gasteiger partial charge in [-0.25, -0.2) is 13.6 Å². The highest BCUT2D eigenvalue weighted by molar-refractivity contribution is 5.75. The minimum Gasteiger partial charge on any atom is -0.251 e. The van der Waals surface area contributed by atoms with Crippen LogP contribution in [0.15, 0.2) is 24.3 Å². The van der Waals surface area contributed by atoms with E-state index in [0.717, 1.165) is 18.2 Å². The number of alkyl halides is 1. The SMILES string of the molecule is O=C(OF)C(F)c1cccc(F)c1. The lowest BCUT2D eigenvalue weighted by Crippen LogP contribution is -2.07. The summed E-state index contributed by atoms with van der Waals surface area (Å²) in [5, 5.41) is 0. The number of benzene rings is 1. The molecule has 0 saturated heterocycles. The van der Waals surface area contributed by atoms with Crippen LogP contribution in [0, 0.1) is 5.82 Å². The Labute approximate surface area is 71.8 Å². The summed E-state index contributed by atoms with van der Waals surface area (Å²) in [5.74, 6) is -2.39. The van der Waals surface area contributed by atoms with Gasteiger partial charge in [0.05, 0.1) is 0 Å². The van der Waals surface area contributed by atoms with Gasteiger partial charge in [-0.1, -0.05) is 12.1 Å². The molecule has 0 fully saturated rings. The van der Waals surface area contributed by atoms with Gasteiger partial charge in [0.15, 0.2) is 0 Å². The maximum Gasteiger partial charge on any atom is 0.387 e. The molecule has 1 rings (SSSR count). The molecule has 0 radical (unpaired) electrons. The minimum absolute atomic E-state index is 0.275.